The average molecular weight is 355 g/mol. The van der Waals surface area contributed by atoms with Crippen LogP contribution in [0.2, 0.25) is 5.15 Å². The maximum absolute atomic E-state index is 12.3. The largest absolute Gasteiger partial charge is 0.330 e. The molecule has 0 aliphatic carbocycles. The third kappa shape index (κ3) is 3.56. The molecule has 3 N–H and O–H groups in total. The fraction of sp³-hybridized carbons (Fsp3) is 0.143. The maximum Gasteiger partial charge on any atom is 0.256 e. The van der Waals surface area contributed by atoms with E-state index in [1.54, 1.807) is 18.3 Å². The van der Waals surface area contributed by atoms with E-state index >= 15 is 0 Å². The number of halogens is 2. The molecule has 0 saturated carbocycles. The molecule has 0 spiro atoms. The zero-order valence-corrected chi connectivity index (χ0v) is 12.9. The summed E-state index contributed by atoms with van der Waals surface area (Å²) >= 11 is 9.25. The number of hydrogen-bond donors (Lipinski definition) is 2. The van der Waals surface area contributed by atoms with Crippen molar-refractivity contribution in [2.75, 3.05) is 11.9 Å². The third-order valence-electron chi connectivity index (χ3n) is 2.73. The SMILES string of the molecule is NCCc1ccccc1C(=O)Nc1cc(Br)cnc1Cl. The van der Waals surface area contributed by atoms with E-state index in [1.165, 1.54) is 0 Å². The van der Waals surface area contributed by atoms with E-state index in [2.05, 4.69) is 26.2 Å². The van der Waals surface area contributed by atoms with E-state index in [-0.39, 0.29) is 11.1 Å². The van der Waals surface area contributed by atoms with E-state index in [4.69, 9.17) is 17.3 Å². The topological polar surface area (TPSA) is 68.0 Å². The van der Waals surface area contributed by atoms with Crippen molar-refractivity contribution in [1.82, 2.24) is 4.98 Å². The maximum atomic E-state index is 12.3. The van der Waals surface area contributed by atoms with Gasteiger partial charge in [0.05, 0.1) is 5.69 Å². The second-order valence-electron chi connectivity index (χ2n) is 4.14. The number of aromatic nitrogens is 1. The first-order valence-electron chi connectivity index (χ1n) is 6.02. The summed E-state index contributed by atoms with van der Waals surface area (Å²) in [6.07, 6.45) is 2.22. The Morgan fingerprint density at radius 1 is 1.40 bits per heavy atom. The number of nitrogens with one attached hydrogen (secondary N) is 1. The van der Waals surface area contributed by atoms with Gasteiger partial charge >= 0.3 is 0 Å². The molecule has 20 heavy (non-hydrogen) atoms. The molecule has 0 fully saturated rings. The van der Waals surface area contributed by atoms with Crippen LogP contribution in [0.25, 0.3) is 0 Å². The summed E-state index contributed by atoms with van der Waals surface area (Å²) in [5.74, 6) is -0.226. The predicted octanol–water partition coefficient (Wildman–Crippen LogP) is 3.25. The number of nitrogens with two attached hydrogens (primary N) is 1. The van der Waals surface area contributed by atoms with Crippen LogP contribution in [0.4, 0.5) is 5.69 Å². The highest BCUT2D eigenvalue weighted by Gasteiger charge is 2.12. The lowest BCUT2D eigenvalue weighted by atomic mass is 10.0. The Bertz CT molecular complexity index is 634. The molecule has 2 aromatic rings. The minimum absolute atomic E-state index is 0.226. The minimum atomic E-state index is -0.226. The number of nitrogens with zero attached hydrogens (tertiary/aromatic N) is 1. The molecule has 6 heteroatoms. The summed E-state index contributed by atoms with van der Waals surface area (Å²) in [7, 11) is 0. The van der Waals surface area contributed by atoms with Gasteiger partial charge in [0.15, 0.2) is 5.15 Å². The van der Waals surface area contributed by atoms with Crippen molar-refractivity contribution in [1.29, 1.82) is 0 Å². The molecule has 0 aliphatic rings. The van der Waals surface area contributed by atoms with Crippen LogP contribution in [0.1, 0.15) is 15.9 Å². The van der Waals surface area contributed by atoms with Crippen LogP contribution in [-0.4, -0.2) is 17.4 Å². The zero-order valence-electron chi connectivity index (χ0n) is 10.6. The van der Waals surface area contributed by atoms with Crippen molar-refractivity contribution in [2.24, 2.45) is 5.73 Å². The van der Waals surface area contributed by atoms with Crippen molar-refractivity contribution in [2.45, 2.75) is 6.42 Å². The first kappa shape index (κ1) is 15.0. The van der Waals surface area contributed by atoms with Gasteiger partial charge in [-0.2, -0.15) is 0 Å². The van der Waals surface area contributed by atoms with Crippen LogP contribution in [0, 0.1) is 0 Å². The lowest BCUT2D eigenvalue weighted by molar-refractivity contribution is 0.102. The summed E-state index contributed by atoms with van der Waals surface area (Å²) in [4.78, 5) is 16.3. The van der Waals surface area contributed by atoms with Gasteiger partial charge in [-0.05, 0) is 46.6 Å². The number of pyridine rings is 1. The van der Waals surface area contributed by atoms with E-state index < -0.39 is 0 Å². The Morgan fingerprint density at radius 2 is 2.15 bits per heavy atom. The minimum Gasteiger partial charge on any atom is -0.330 e. The molecule has 0 radical (unpaired) electrons. The number of carbonyl (C=O) groups is 1. The van der Waals surface area contributed by atoms with Gasteiger partial charge in [0, 0.05) is 16.2 Å². The number of amides is 1. The highest BCUT2D eigenvalue weighted by Crippen LogP contribution is 2.24. The summed E-state index contributed by atoms with van der Waals surface area (Å²) in [6, 6.07) is 9.06. The highest BCUT2D eigenvalue weighted by molar-refractivity contribution is 9.10. The Kier molecular flexibility index (Phi) is 5.11. The Morgan fingerprint density at radius 3 is 2.90 bits per heavy atom. The number of rotatable bonds is 4. The Labute approximate surface area is 130 Å². The quantitative estimate of drug-likeness (QED) is 0.828. The van der Waals surface area contributed by atoms with Gasteiger partial charge < -0.3 is 11.1 Å². The summed E-state index contributed by atoms with van der Waals surface area (Å²) in [5, 5.41) is 3.01. The van der Waals surface area contributed by atoms with Gasteiger partial charge in [-0.3, -0.25) is 4.79 Å². The van der Waals surface area contributed by atoms with Crippen LogP contribution in [0.5, 0.6) is 0 Å². The van der Waals surface area contributed by atoms with Crippen molar-refractivity contribution in [3.8, 4) is 0 Å². The summed E-state index contributed by atoms with van der Waals surface area (Å²) in [5.41, 5.74) is 7.52. The van der Waals surface area contributed by atoms with Crippen LogP contribution in [0.3, 0.4) is 0 Å². The lowest BCUT2D eigenvalue weighted by Gasteiger charge is -2.10. The number of hydrogen-bond acceptors (Lipinski definition) is 3. The molecule has 1 aromatic heterocycles. The smallest absolute Gasteiger partial charge is 0.256 e. The Balaban J connectivity index is 2.26. The van der Waals surface area contributed by atoms with E-state index in [0.29, 0.717) is 24.2 Å². The van der Waals surface area contributed by atoms with E-state index in [0.717, 1.165) is 10.0 Å². The van der Waals surface area contributed by atoms with Gasteiger partial charge in [-0.25, -0.2) is 4.98 Å². The molecule has 1 aromatic carbocycles. The van der Waals surface area contributed by atoms with Gasteiger partial charge in [-0.15, -0.1) is 0 Å². The summed E-state index contributed by atoms with van der Waals surface area (Å²) in [6.45, 7) is 0.490. The zero-order chi connectivity index (χ0) is 14.5. The molecule has 2 rings (SSSR count). The normalized spacial score (nSPS) is 10.3. The monoisotopic (exact) mass is 353 g/mol. The first-order chi connectivity index (χ1) is 9.61. The third-order valence-corrected chi connectivity index (χ3v) is 3.46. The second-order valence-corrected chi connectivity index (χ2v) is 5.42. The molecule has 4 nitrogen and oxygen atoms in total. The van der Waals surface area contributed by atoms with Gasteiger partial charge in [0.2, 0.25) is 0 Å². The summed E-state index contributed by atoms with van der Waals surface area (Å²) < 4.78 is 0.743. The molecule has 1 amide bonds. The van der Waals surface area contributed by atoms with Crippen LogP contribution in [0.15, 0.2) is 41.0 Å². The lowest BCUT2D eigenvalue weighted by Crippen LogP contribution is -2.16. The standard InChI is InChI=1S/C14H13BrClN3O/c15-10-7-12(13(16)18-8-10)19-14(20)11-4-2-1-3-9(11)5-6-17/h1-4,7-8H,5-6,17H2,(H,19,20). The van der Waals surface area contributed by atoms with E-state index in [1.807, 2.05) is 18.2 Å². The van der Waals surface area contributed by atoms with E-state index in [9.17, 15) is 4.79 Å². The van der Waals surface area contributed by atoms with Gasteiger partial charge in [-0.1, -0.05) is 29.8 Å². The second kappa shape index (κ2) is 6.83. The predicted molar refractivity (Wildman–Crippen MR) is 84.1 cm³/mol. The van der Waals surface area contributed by atoms with Crippen LogP contribution >= 0.6 is 27.5 Å². The number of carbonyl (C=O) groups excluding carboxylic acids is 1. The van der Waals surface area contributed by atoms with Crippen molar-refractivity contribution in [3.63, 3.8) is 0 Å². The van der Waals surface area contributed by atoms with Crippen LogP contribution in [-0.2, 0) is 6.42 Å². The highest BCUT2D eigenvalue weighted by atomic mass is 79.9. The Hall–Kier alpha value is -1.43. The molecular formula is C14H13BrClN3O. The first-order valence-corrected chi connectivity index (χ1v) is 7.19. The van der Waals surface area contributed by atoms with Crippen molar-refractivity contribution in [3.05, 3.63) is 57.3 Å². The molecule has 0 aliphatic heterocycles. The van der Waals surface area contributed by atoms with Gasteiger partial charge in [0.1, 0.15) is 0 Å². The average Bonchev–Trinajstić information content (AvgIpc) is 2.44. The molecule has 0 saturated heterocycles. The molecule has 1 heterocycles. The van der Waals surface area contributed by atoms with Crippen molar-refractivity contribution >= 4 is 39.1 Å². The molecular weight excluding hydrogens is 342 g/mol. The van der Waals surface area contributed by atoms with Crippen molar-refractivity contribution < 1.29 is 4.79 Å². The number of anilines is 1. The van der Waals surface area contributed by atoms with Crippen LogP contribution < -0.4 is 11.1 Å². The number of benzene rings is 1. The molecule has 104 valence electrons. The molecule has 0 atom stereocenters. The van der Waals surface area contributed by atoms with Gasteiger partial charge in [0.25, 0.3) is 5.91 Å². The fourth-order valence-corrected chi connectivity index (χ4v) is 2.30. The molecule has 0 bridgehead atoms. The fourth-order valence-electron chi connectivity index (χ4n) is 1.82. The molecule has 0 unspecified atom stereocenters.